The van der Waals surface area contributed by atoms with Crippen molar-refractivity contribution < 1.29 is 0 Å². The molecule has 0 N–H and O–H groups in total. The van der Waals surface area contributed by atoms with E-state index in [4.69, 9.17) is 0 Å². The molecule has 5 rings (SSSR count). The van der Waals surface area contributed by atoms with Gasteiger partial charge >= 0.3 is 177 Å². The summed E-state index contributed by atoms with van der Waals surface area (Å²) in [5, 5.41) is 0. The van der Waals surface area contributed by atoms with E-state index >= 15 is 0 Å². The van der Waals surface area contributed by atoms with E-state index in [0.717, 1.165) is 0 Å². The van der Waals surface area contributed by atoms with Gasteiger partial charge in [-0.1, -0.05) is 0 Å². The molecular formula is C28H26Ge. The van der Waals surface area contributed by atoms with Crippen LogP contribution >= 0.6 is 0 Å². The van der Waals surface area contributed by atoms with Crippen molar-refractivity contribution >= 4 is 30.8 Å². The first kappa shape index (κ1) is 18.5. The Labute approximate surface area is 176 Å². The molecule has 0 bridgehead atoms. The third kappa shape index (κ3) is 2.59. The fourth-order valence-corrected chi connectivity index (χ4v) is 16.2. The zero-order chi connectivity index (χ0) is 20.2. The van der Waals surface area contributed by atoms with Crippen LogP contribution in [0.25, 0.3) is 11.1 Å². The minimum absolute atomic E-state index is 1.38. The van der Waals surface area contributed by atoms with Gasteiger partial charge in [-0.05, 0) is 0 Å². The standard InChI is InChI=1S/C28H26Ge/c1-19-15-25-26-16-20(2)22(4)18-28(26)29(27(25)17-21(19)3,23-11-7-5-8-12-23)24-13-9-6-10-14-24/h5-18H,1-4H3. The maximum atomic E-state index is 2.51. The molecule has 0 aliphatic carbocycles. The first-order chi connectivity index (χ1) is 14.0. The molecule has 0 fully saturated rings. The summed E-state index contributed by atoms with van der Waals surface area (Å²) < 4.78 is 6.21. The number of hydrogen-bond acceptors (Lipinski definition) is 0. The fourth-order valence-electron chi connectivity index (χ4n) is 5.01. The molecular weight excluding hydrogens is 409 g/mol. The molecule has 29 heavy (non-hydrogen) atoms. The number of rotatable bonds is 2. The Bertz CT molecular complexity index is 1120. The van der Waals surface area contributed by atoms with E-state index < -0.39 is 13.3 Å². The van der Waals surface area contributed by atoms with Gasteiger partial charge in [0.2, 0.25) is 0 Å². The number of fused-ring (bicyclic) bond motifs is 3. The summed E-state index contributed by atoms with van der Waals surface area (Å²) in [5.41, 5.74) is 8.47. The van der Waals surface area contributed by atoms with E-state index in [1.807, 2.05) is 0 Å². The Morgan fingerprint density at radius 2 is 0.793 bits per heavy atom. The van der Waals surface area contributed by atoms with Crippen LogP contribution in [0.3, 0.4) is 0 Å². The Hall–Kier alpha value is -2.58. The average Bonchev–Trinajstić information content (AvgIpc) is 2.99. The quantitative estimate of drug-likeness (QED) is 0.364. The summed E-state index contributed by atoms with van der Waals surface area (Å²) in [6, 6.07) is 32.5. The third-order valence-corrected chi connectivity index (χ3v) is 16.9. The summed E-state index contributed by atoms with van der Waals surface area (Å²) in [6.45, 7) is 9.01. The van der Waals surface area contributed by atoms with Crippen molar-refractivity contribution in [1.82, 2.24) is 0 Å². The number of aryl methyl sites for hydroxylation is 4. The van der Waals surface area contributed by atoms with Gasteiger partial charge in [-0.15, -0.1) is 0 Å². The molecule has 1 aliphatic heterocycles. The van der Waals surface area contributed by atoms with Crippen LogP contribution in [0, 0.1) is 27.7 Å². The molecule has 1 heteroatoms. The predicted octanol–water partition coefficient (Wildman–Crippen LogP) is 4.28. The molecule has 4 aromatic rings. The Balaban J connectivity index is 2.01. The van der Waals surface area contributed by atoms with Crippen LogP contribution in [0.15, 0.2) is 84.9 Å². The van der Waals surface area contributed by atoms with Gasteiger partial charge in [0.15, 0.2) is 0 Å². The molecule has 0 nitrogen and oxygen atoms in total. The van der Waals surface area contributed by atoms with Gasteiger partial charge in [0.25, 0.3) is 0 Å². The van der Waals surface area contributed by atoms with E-state index in [9.17, 15) is 0 Å². The average molecular weight is 435 g/mol. The van der Waals surface area contributed by atoms with Crippen molar-refractivity contribution in [3.63, 3.8) is 0 Å². The zero-order valence-corrected chi connectivity index (χ0v) is 19.7. The van der Waals surface area contributed by atoms with Gasteiger partial charge in [0.05, 0.1) is 0 Å². The van der Waals surface area contributed by atoms with E-state index in [2.05, 4.69) is 113 Å². The first-order valence-corrected chi connectivity index (χ1v) is 14.6. The molecule has 1 aliphatic rings. The molecule has 0 amide bonds. The van der Waals surface area contributed by atoms with Gasteiger partial charge in [-0.3, -0.25) is 0 Å². The summed E-state index contributed by atoms with van der Waals surface area (Å²) in [6.07, 6.45) is 0. The minimum atomic E-state index is -3.05. The zero-order valence-electron chi connectivity index (χ0n) is 17.6. The fraction of sp³-hybridized carbons (Fsp3) is 0.143. The van der Waals surface area contributed by atoms with E-state index in [1.54, 1.807) is 8.79 Å². The van der Waals surface area contributed by atoms with E-state index in [-0.39, 0.29) is 0 Å². The van der Waals surface area contributed by atoms with Crippen molar-refractivity contribution in [3.05, 3.63) is 107 Å². The molecule has 0 aromatic heterocycles. The summed E-state index contributed by atoms with van der Waals surface area (Å²) in [7, 11) is 0. The summed E-state index contributed by atoms with van der Waals surface area (Å²) in [5.74, 6) is 0. The van der Waals surface area contributed by atoms with Crippen LogP contribution in [-0.2, 0) is 0 Å². The van der Waals surface area contributed by atoms with Crippen LogP contribution in [0.1, 0.15) is 22.3 Å². The van der Waals surface area contributed by atoms with Crippen molar-refractivity contribution in [2.45, 2.75) is 27.7 Å². The van der Waals surface area contributed by atoms with Gasteiger partial charge in [-0.2, -0.15) is 0 Å². The summed E-state index contributed by atoms with van der Waals surface area (Å²) >= 11 is -3.05. The maximum absolute atomic E-state index is 3.05. The topological polar surface area (TPSA) is 0 Å². The SMILES string of the molecule is Cc1cc2[c](cc1C)[Ge]([c]1ccccc1)([c]1ccccc1)[c]1cc(C)c(C)cc1-2. The number of benzene rings is 4. The molecule has 0 atom stereocenters. The second kappa shape index (κ2) is 6.74. The van der Waals surface area contributed by atoms with Crippen molar-refractivity contribution in [2.75, 3.05) is 0 Å². The van der Waals surface area contributed by atoms with Crippen LogP contribution < -0.4 is 17.6 Å². The molecule has 142 valence electrons. The molecule has 0 unspecified atom stereocenters. The molecule has 0 saturated carbocycles. The van der Waals surface area contributed by atoms with Crippen LogP contribution in [0.4, 0.5) is 0 Å². The Kier molecular flexibility index (Phi) is 4.29. The second-order valence-electron chi connectivity index (χ2n) is 8.45. The van der Waals surface area contributed by atoms with Gasteiger partial charge in [0.1, 0.15) is 0 Å². The Morgan fingerprint density at radius 3 is 1.17 bits per heavy atom. The molecule has 4 aromatic carbocycles. The molecule has 1 heterocycles. The number of hydrogen-bond donors (Lipinski definition) is 0. The third-order valence-electron chi connectivity index (χ3n) is 6.78. The second-order valence-corrected chi connectivity index (χ2v) is 16.3. The normalized spacial score (nSPS) is 13.8. The van der Waals surface area contributed by atoms with Gasteiger partial charge in [-0.25, -0.2) is 0 Å². The van der Waals surface area contributed by atoms with Crippen molar-refractivity contribution in [1.29, 1.82) is 0 Å². The summed E-state index contributed by atoms with van der Waals surface area (Å²) in [4.78, 5) is 0. The van der Waals surface area contributed by atoms with E-state index in [1.165, 1.54) is 42.2 Å². The van der Waals surface area contributed by atoms with Crippen molar-refractivity contribution in [3.8, 4) is 11.1 Å². The van der Waals surface area contributed by atoms with Crippen LogP contribution in [-0.4, -0.2) is 13.3 Å². The Morgan fingerprint density at radius 1 is 0.448 bits per heavy atom. The first-order valence-electron chi connectivity index (χ1n) is 10.4. The van der Waals surface area contributed by atoms with Gasteiger partial charge < -0.3 is 0 Å². The monoisotopic (exact) mass is 436 g/mol. The van der Waals surface area contributed by atoms with Gasteiger partial charge in [0, 0.05) is 0 Å². The molecule has 0 radical (unpaired) electrons. The molecule has 0 spiro atoms. The molecule has 0 saturated heterocycles. The van der Waals surface area contributed by atoms with Crippen LogP contribution in [0.5, 0.6) is 0 Å². The van der Waals surface area contributed by atoms with Crippen molar-refractivity contribution in [2.24, 2.45) is 0 Å². The predicted molar refractivity (Wildman–Crippen MR) is 128 cm³/mol. The van der Waals surface area contributed by atoms with E-state index in [0.29, 0.717) is 0 Å². The van der Waals surface area contributed by atoms with Crippen LogP contribution in [0.2, 0.25) is 0 Å².